The number of rotatable bonds is 10. The van der Waals surface area contributed by atoms with Crippen LogP contribution in [0.25, 0.3) is 0 Å². The second-order valence-corrected chi connectivity index (χ2v) is 4.20. The van der Waals surface area contributed by atoms with Gasteiger partial charge in [-0.2, -0.15) is 0 Å². The van der Waals surface area contributed by atoms with Gasteiger partial charge in [0.15, 0.2) is 0 Å². The molecule has 0 unspecified atom stereocenters. The predicted octanol–water partition coefficient (Wildman–Crippen LogP) is 4.08. The van der Waals surface area contributed by atoms with Crippen LogP contribution in [0.5, 0.6) is 0 Å². The summed E-state index contributed by atoms with van der Waals surface area (Å²) in [4.78, 5) is 2.60. The number of hydrogen-bond acceptors (Lipinski definition) is 1. The molecule has 0 radical (unpaired) electrons. The third-order valence-electron chi connectivity index (χ3n) is 2.85. The van der Waals surface area contributed by atoms with Crippen molar-refractivity contribution in [2.75, 3.05) is 19.6 Å². The predicted molar refractivity (Wildman–Crippen MR) is 65.8 cm³/mol. The van der Waals surface area contributed by atoms with Crippen LogP contribution in [0.4, 0.5) is 0 Å². The van der Waals surface area contributed by atoms with Gasteiger partial charge in [0, 0.05) is 0 Å². The molecule has 0 atom stereocenters. The van der Waals surface area contributed by atoms with Gasteiger partial charge in [0.2, 0.25) is 0 Å². The van der Waals surface area contributed by atoms with E-state index in [4.69, 9.17) is 0 Å². The first-order chi connectivity index (χ1) is 6.85. The Labute approximate surface area is 90.9 Å². The maximum absolute atomic E-state index is 2.60. The summed E-state index contributed by atoms with van der Waals surface area (Å²) >= 11 is 0. The van der Waals surface area contributed by atoms with Crippen LogP contribution in [0.15, 0.2) is 0 Å². The zero-order valence-electron chi connectivity index (χ0n) is 10.5. The normalized spacial score (nSPS) is 11.1. The van der Waals surface area contributed by atoms with Crippen LogP contribution >= 0.6 is 0 Å². The van der Waals surface area contributed by atoms with Crippen molar-refractivity contribution in [2.45, 2.75) is 65.7 Å². The van der Waals surface area contributed by atoms with Crippen LogP contribution in [0.2, 0.25) is 0 Å². The van der Waals surface area contributed by atoms with E-state index in [1.807, 2.05) is 0 Å². The largest absolute Gasteiger partial charge is 0.304 e. The van der Waals surface area contributed by atoms with Crippen molar-refractivity contribution in [1.82, 2.24) is 4.90 Å². The van der Waals surface area contributed by atoms with E-state index in [9.17, 15) is 0 Å². The van der Waals surface area contributed by atoms with E-state index in [-0.39, 0.29) is 0 Å². The van der Waals surface area contributed by atoms with Crippen molar-refractivity contribution in [1.29, 1.82) is 0 Å². The molecule has 0 aliphatic rings. The molecule has 0 aromatic rings. The van der Waals surface area contributed by atoms with Crippen LogP contribution in [-0.4, -0.2) is 24.5 Å². The van der Waals surface area contributed by atoms with Gasteiger partial charge in [-0.15, -0.1) is 0 Å². The summed E-state index contributed by atoms with van der Waals surface area (Å²) < 4.78 is 0. The van der Waals surface area contributed by atoms with Crippen LogP contribution in [-0.2, 0) is 0 Å². The average Bonchev–Trinajstić information content (AvgIpc) is 2.22. The molecule has 0 spiro atoms. The summed E-state index contributed by atoms with van der Waals surface area (Å²) in [6, 6.07) is 0. The molecule has 0 aliphatic carbocycles. The molecule has 14 heavy (non-hydrogen) atoms. The summed E-state index contributed by atoms with van der Waals surface area (Å²) in [5.41, 5.74) is 0. The van der Waals surface area contributed by atoms with Crippen molar-refractivity contribution in [3.63, 3.8) is 0 Å². The molecule has 0 aromatic heterocycles. The van der Waals surface area contributed by atoms with Gasteiger partial charge in [-0.1, -0.05) is 52.9 Å². The van der Waals surface area contributed by atoms with Crippen molar-refractivity contribution in [2.24, 2.45) is 0 Å². The molecule has 1 heteroatoms. The maximum Gasteiger partial charge on any atom is -0.00189 e. The number of hydrogen-bond donors (Lipinski definition) is 0. The van der Waals surface area contributed by atoms with Crippen molar-refractivity contribution in [3.05, 3.63) is 0 Å². The Kier molecular flexibility index (Phi) is 11.0. The molecule has 0 amide bonds. The Balaban J connectivity index is 3.28. The number of nitrogens with zero attached hydrogens (tertiary/aromatic N) is 1. The molecule has 1 nitrogen and oxygen atoms in total. The van der Waals surface area contributed by atoms with Crippen LogP contribution < -0.4 is 0 Å². The van der Waals surface area contributed by atoms with Gasteiger partial charge >= 0.3 is 0 Å². The highest BCUT2D eigenvalue weighted by molar-refractivity contribution is 4.55. The Bertz CT molecular complexity index is 101. The van der Waals surface area contributed by atoms with Gasteiger partial charge < -0.3 is 4.90 Å². The molecule has 0 fully saturated rings. The molecule has 0 aromatic carbocycles. The standard InChI is InChI=1S/C13H29N/c1-4-7-9-11-13-14(6-3)12-10-8-5-2/h4-13H2,1-3H3. The SMILES string of the molecule is CCCCCCN(CC)CCCCC. The second kappa shape index (κ2) is 11.0. The van der Waals surface area contributed by atoms with Crippen molar-refractivity contribution < 1.29 is 0 Å². The first-order valence-electron chi connectivity index (χ1n) is 6.57. The molecule has 0 rings (SSSR count). The first-order valence-corrected chi connectivity index (χ1v) is 6.57. The molecule has 0 bridgehead atoms. The van der Waals surface area contributed by atoms with Crippen LogP contribution in [0.1, 0.15) is 65.7 Å². The Morgan fingerprint density at radius 3 is 1.64 bits per heavy atom. The third kappa shape index (κ3) is 8.55. The lowest BCUT2D eigenvalue weighted by Crippen LogP contribution is -2.25. The molecule has 86 valence electrons. The van der Waals surface area contributed by atoms with E-state index in [1.165, 1.54) is 64.6 Å². The van der Waals surface area contributed by atoms with E-state index < -0.39 is 0 Å². The zero-order chi connectivity index (χ0) is 10.6. The Morgan fingerprint density at radius 2 is 1.14 bits per heavy atom. The first kappa shape index (κ1) is 14.0. The van der Waals surface area contributed by atoms with E-state index in [0.29, 0.717) is 0 Å². The number of unbranched alkanes of at least 4 members (excludes halogenated alkanes) is 5. The second-order valence-electron chi connectivity index (χ2n) is 4.20. The highest BCUT2D eigenvalue weighted by atomic mass is 15.1. The fourth-order valence-corrected chi connectivity index (χ4v) is 1.78. The summed E-state index contributed by atoms with van der Waals surface area (Å²) in [6.45, 7) is 10.7. The minimum atomic E-state index is 1.23. The summed E-state index contributed by atoms with van der Waals surface area (Å²) in [5, 5.41) is 0. The minimum Gasteiger partial charge on any atom is -0.304 e. The van der Waals surface area contributed by atoms with E-state index in [0.717, 1.165) is 0 Å². The highest BCUT2D eigenvalue weighted by Gasteiger charge is 2.00. The van der Waals surface area contributed by atoms with Gasteiger partial charge in [0.05, 0.1) is 0 Å². The lowest BCUT2D eigenvalue weighted by molar-refractivity contribution is 0.274. The molecule has 0 heterocycles. The molecule has 0 aliphatic heterocycles. The van der Waals surface area contributed by atoms with Crippen LogP contribution in [0, 0.1) is 0 Å². The van der Waals surface area contributed by atoms with Crippen molar-refractivity contribution in [3.8, 4) is 0 Å². The zero-order valence-corrected chi connectivity index (χ0v) is 10.5. The fraction of sp³-hybridized carbons (Fsp3) is 1.00. The van der Waals surface area contributed by atoms with Gasteiger partial charge in [-0.25, -0.2) is 0 Å². The summed E-state index contributed by atoms with van der Waals surface area (Å²) in [7, 11) is 0. The fourth-order valence-electron chi connectivity index (χ4n) is 1.78. The van der Waals surface area contributed by atoms with Gasteiger partial charge in [0.25, 0.3) is 0 Å². The lowest BCUT2D eigenvalue weighted by atomic mass is 10.2. The Hall–Kier alpha value is -0.0400. The van der Waals surface area contributed by atoms with E-state index in [2.05, 4.69) is 25.7 Å². The topological polar surface area (TPSA) is 3.24 Å². The molecular formula is C13H29N. The molecule has 0 saturated carbocycles. The molecule has 0 saturated heterocycles. The third-order valence-corrected chi connectivity index (χ3v) is 2.85. The monoisotopic (exact) mass is 199 g/mol. The van der Waals surface area contributed by atoms with E-state index in [1.54, 1.807) is 0 Å². The van der Waals surface area contributed by atoms with Gasteiger partial charge in [0.1, 0.15) is 0 Å². The minimum absolute atomic E-state index is 1.23. The Morgan fingerprint density at radius 1 is 0.643 bits per heavy atom. The van der Waals surface area contributed by atoms with E-state index >= 15 is 0 Å². The van der Waals surface area contributed by atoms with Crippen molar-refractivity contribution >= 4 is 0 Å². The lowest BCUT2D eigenvalue weighted by Gasteiger charge is -2.19. The molecule has 0 N–H and O–H groups in total. The smallest absolute Gasteiger partial charge is 0.00189 e. The summed E-state index contributed by atoms with van der Waals surface area (Å²) in [6.07, 6.45) is 9.69. The molecular weight excluding hydrogens is 170 g/mol. The van der Waals surface area contributed by atoms with Gasteiger partial charge in [-0.05, 0) is 32.5 Å². The highest BCUT2D eigenvalue weighted by Crippen LogP contribution is 2.03. The van der Waals surface area contributed by atoms with Crippen LogP contribution in [0.3, 0.4) is 0 Å². The summed E-state index contributed by atoms with van der Waals surface area (Å²) in [5.74, 6) is 0. The quantitative estimate of drug-likeness (QED) is 0.479. The van der Waals surface area contributed by atoms with Gasteiger partial charge in [-0.3, -0.25) is 0 Å². The average molecular weight is 199 g/mol. The maximum atomic E-state index is 2.60.